The topological polar surface area (TPSA) is 101 Å². The normalized spacial score (nSPS) is 19.3. The van der Waals surface area contributed by atoms with Gasteiger partial charge >= 0.3 is 6.03 Å². The van der Waals surface area contributed by atoms with Crippen LogP contribution in [-0.4, -0.2) is 108 Å². The molecule has 1 aromatic carbocycles. The van der Waals surface area contributed by atoms with Gasteiger partial charge in [-0.15, -0.1) is 0 Å². The molecular weight excluding hydrogens is 462 g/mol. The number of benzene rings is 1. The Labute approximate surface area is 203 Å². The molecule has 0 aromatic heterocycles. The van der Waals surface area contributed by atoms with Crippen LogP contribution in [0.2, 0.25) is 5.02 Å². The number of carbonyl (C=O) groups excluding carboxylic acids is 3. The van der Waals surface area contributed by atoms with Gasteiger partial charge in [-0.05, 0) is 31.2 Å². The van der Waals surface area contributed by atoms with E-state index >= 15 is 0 Å². The first-order chi connectivity index (χ1) is 16.4. The lowest BCUT2D eigenvalue weighted by Gasteiger charge is -2.40. The minimum Gasteiger partial charge on any atom is -0.379 e. The number of rotatable bonds is 7. The van der Waals surface area contributed by atoms with E-state index in [0.29, 0.717) is 62.5 Å². The van der Waals surface area contributed by atoms with E-state index in [1.54, 1.807) is 34.2 Å². The summed E-state index contributed by atoms with van der Waals surface area (Å²) in [6.45, 7) is 5.51. The number of hydrogen-bond acceptors (Lipinski definition) is 7. The Balaban J connectivity index is 1.31. The molecule has 4 rings (SSSR count). The smallest absolute Gasteiger partial charge is 0.319 e. The molecule has 3 aliphatic heterocycles. The van der Waals surface area contributed by atoms with Crippen LogP contribution < -0.4 is 10.6 Å². The van der Waals surface area contributed by atoms with E-state index in [0.717, 1.165) is 0 Å². The van der Waals surface area contributed by atoms with Crippen molar-refractivity contribution in [2.75, 3.05) is 65.1 Å². The second-order valence-electron chi connectivity index (χ2n) is 8.40. The van der Waals surface area contributed by atoms with Gasteiger partial charge in [-0.3, -0.25) is 9.59 Å². The summed E-state index contributed by atoms with van der Waals surface area (Å²) < 4.78 is 5.46. The van der Waals surface area contributed by atoms with Gasteiger partial charge in [0.2, 0.25) is 5.91 Å². The first kappa shape index (κ1) is 24.1. The number of fused-ring (bicyclic) bond motifs is 1. The zero-order valence-electron chi connectivity index (χ0n) is 19.4. The van der Waals surface area contributed by atoms with Crippen molar-refractivity contribution in [3.63, 3.8) is 0 Å². The molecule has 1 unspecified atom stereocenters. The number of hydrazine groups is 1. The summed E-state index contributed by atoms with van der Waals surface area (Å²) in [7, 11) is 1.94. The SMILES string of the molecule is CCOCC(NC(=O)Nc1ccc(Cl)cc1)C(=O)N1CCN(N2CN3CN(C)C=C3C2=O)CC1. The number of carbonyl (C=O) groups is 3. The summed E-state index contributed by atoms with van der Waals surface area (Å²) >= 11 is 5.88. The summed E-state index contributed by atoms with van der Waals surface area (Å²) in [5.74, 6) is -0.226. The molecule has 0 saturated carbocycles. The summed E-state index contributed by atoms with van der Waals surface area (Å²) in [6, 6.07) is 5.38. The van der Waals surface area contributed by atoms with E-state index < -0.39 is 12.1 Å². The van der Waals surface area contributed by atoms with Crippen molar-refractivity contribution in [2.45, 2.75) is 13.0 Å². The van der Waals surface area contributed by atoms with Crippen LogP contribution in [0.1, 0.15) is 6.92 Å². The number of anilines is 1. The minimum atomic E-state index is -0.821. The third-order valence-electron chi connectivity index (χ3n) is 5.94. The summed E-state index contributed by atoms with van der Waals surface area (Å²) in [4.78, 5) is 44.1. The average molecular weight is 492 g/mol. The number of nitrogens with zero attached hydrogens (tertiary/aromatic N) is 5. The maximum atomic E-state index is 13.2. The molecule has 1 atom stereocenters. The molecule has 0 radical (unpaired) electrons. The molecule has 11 nitrogen and oxygen atoms in total. The van der Waals surface area contributed by atoms with Gasteiger partial charge in [0.15, 0.2) is 0 Å². The quantitative estimate of drug-likeness (QED) is 0.581. The van der Waals surface area contributed by atoms with Gasteiger partial charge in [0, 0.05) is 56.7 Å². The highest BCUT2D eigenvalue weighted by molar-refractivity contribution is 6.30. The predicted molar refractivity (Wildman–Crippen MR) is 126 cm³/mol. The molecule has 3 aliphatic rings. The third kappa shape index (κ3) is 5.37. The molecule has 12 heteroatoms. The Hall–Kier alpha value is -3.02. The first-order valence-electron chi connectivity index (χ1n) is 11.3. The van der Waals surface area contributed by atoms with Crippen LogP contribution in [0, 0.1) is 0 Å². The molecule has 34 heavy (non-hydrogen) atoms. The molecule has 184 valence electrons. The zero-order valence-corrected chi connectivity index (χ0v) is 20.1. The second-order valence-corrected chi connectivity index (χ2v) is 8.83. The van der Waals surface area contributed by atoms with Gasteiger partial charge in [0.25, 0.3) is 5.91 Å². The van der Waals surface area contributed by atoms with E-state index in [-0.39, 0.29) is 18.4 Å². The average Bonchev–Trinajstić information content (AvgIpc) is 3.34. The lowest BCUT2D eigenvalue weighted by molar-refractivity contribution is -0.149. The molecule has 2 saturated heterocycles. The molecule has 3 heterocycles. The van der Waals surface area contributed by atoms with Gasteiger partial charge in [0.05, 0.1) is 13.3 Å². The summed E-state index contributed by atoms with van der Waals surface area (Å²) in [5, 5.41) is 9.72. The number of urea groups is 1. The molecule has 2 fully saturated rings. The van der Waals surface area contributed by atoms with Crippen molar-refractivity contribution >= 4 is 35.1 Å². The highest BCUT2D eigenvalue weighted by Gasteiger charge is 2.41. The Morgan fingerprint density at radius 2 is 1.82 bits per heavy atom. The Kier molecular flexibility index (Phi) is 7.44. The fourth-order valence-electron chi connectivity index (χ4n) is 4.21. The number of piperazine rings is 1. The number of amides is 4. The van der Waals surface area contributed by atoms with Crippen molar-refractivity contribution < 1.29 is 19.1 Å². The molecule has 0 spiro atoms. The van der Waals surface area contributed by atoms with E-state index in [1.165, 1.54) is 0 Å². The van der Waals surface area contributed by atoms with Crippen molar-refractivity contribution in [3.8, 4) is 0 Å². The van der Waals surface area contributed by atoms with Crippen LogP contribution in [-0.2, 0) is 14.3 Å². The molecule has 4 amide bonds. The Morgan fingerprint density at radius 3 is 2.47 bits per heavy atom. The Morgan fingerprint density at radius 1 is 1.12 bits per heavy atom. The van der Waals surface area contributed by atoms with Crippen molar-refractivity contribution in [1.29, 1.82) is 0 Å². The largest absolute Gasteiger partial charge is 0.379 e. The van der Waals surface area contributed by atoms with Crippen LogP contribution in [0.4, 0.5) is 10.5 Å². The van der Waals surface area contributed by atoms with Gasteiger partial charge in [-0.1, -0.05) is 11.6 Å². The molecule has 2 N–H and O–H groups in total. The summed E-state index contributed by atoms with van der Waals surface area (Å²) in [5.41, 5.74) is 1.27. The molecule has 0 aliphatic carbocycles. The minimum absolute atomic E-state index is 0.0149. The first-order valence-corrected chi connectivity index (χ1v) is 11.7. The monoisotopic (exact) mass is 491 g/mol. The van der Waals surface area contributed by atoms with Gasteiger partial charge in [-0.2, -0.15) is 0 Å². The maximum Gasteiger partial charge on any atom is 0.319 e. The van der Waals surface area contributed by atoms with E-state index in [9.17, 15) is 14.4 Å². The molecule has 1 aromatic rings. The second kappa shape index (κ2) is 10.5. The fraction of sp³-hybridized carbons (Fsp3) is 0.500. The van der Waals surface area contributed by atoms with E-state index in [4.69, 9.17) is 16.3 Å². The third-order valence-corrected chi connectivity index (χ3v) is 6.19. The van der Waals surface area contributed by atoms with Crippen LogP contribution in [0.3, 0.4) is 0 Å². The van der Waals surface area contributed by atoms with Gasteiger partial charge < -0.3 is 30.1 Å². The van der Waals surface area contributed by atoms with E-state index in [2.05, 4.69) is 10.6 Å². The van der Waals surface area contributed by atoms with Crippen LogP contribution >= 0.6 is 11.6 Å². The number of nitrogens with one attached hydrogen (secondary N) is 2. The number of ether oxygens (including phenoxy) is 1. The van der Waals surface area contributed by atoms with Crippen molar-refractivity contribution in [3.05, 3.63) is 41.2 Å². The Bertz CT molecular complexity index is 949. The number of halogens is 1. The zero-order chi connectivity index (χ0) is 24.2. The van der Waals surface area contributed by atoms with Crippen LogP contribution in [0.15, 0.2) is 36.2 Å². The highest BCUT2D eigenvalue weighted by atomic mass is 35.5. The van der Waals surface area contributed by atoms with E-state index in [1.807, 2.05) is 35.0 Å². The van der Waals surface area contributed by atoms with Crippen LogP contribution in [0.5, 0.6) is 0 Å². The molecular formula is C22H30ClN7O4. The summed E-state index contributed by atoms with van der Waals surface area (Å²) in [6.07, 6.45) is 1.86. The predicted octanol–water partition coefficient (Wildman–Crippen LogP) is 0.772. The van der Waals surface area contributed by atoms with Gasteiger partial charge in [-0.25, -0.2) is 14.8 Å². The van der Waals surface area contributed by atoms with Crippen molar-refractivity contribution in [1.82, 2.24) is 30.0 Å². The lowest BCUT2D eigenvalue weighted by atomic mass is 10.2. The maximum absolute atomic E-state index is 13.2. The number of hydrogen-bond donors (Lipinski definition) is 2. The lowest BCUT2D eigenvalue weighted by Crippen LogP contribution is -2.59. The highest BCUT2D eigenvalue weighted by Crippen LogP contribution is 2.26. The molecule has 0 bridgehead atoms. The standard InChI is InChI=1S/C22H30ClN7O4/c1-3-34-13-18(25-22(33)24-17-6-4-16(23)5-7-17)20(31)27-8-10-29(11-9-27)30-15-28-14-26(2)12-19(28)21(30)32/h4-7,12,18H,3,8-11,13-15H2,1-2H3,(H2,24,25,33). The fourth-order valence-corrected chi connectivity index (χ4v) is 4.34. The van der Waals surface area contributed by atoms with Crippen molar-refractivity contribution in [2.24, 2.45) is 0 Å². The van der Waals surface area contributed by atoms with Gasteiger partial charge in [0.1, 0.15) is 18.4 Å². The van der Waals surface area contributed by atoms with Crippen LogP contribution in [0.25, 0.3) is 0 Å².